The van der Waals surface area contributed by atoms with E-state index in [1.165, 1.54) is 0 Å². The van der Waals surface area contributed by atoms with Gasteiger partial charge in [-0.2, -0.15) is 13.2 Å². The van der Waals surface area contributed by atoms with Crippen molar-refractivity contribution in [2.75, 3.05) is 37.0 Å². The first kappa shape index (κ1) is 20.7. The van der Waals surface area contributed by atoms with E-state index in [-0.39, 0.29) is 22.6 Å². The van der Waals surface area contributed by atoms with Crippen LogP contribution in [0.1, 0.15) is 21.5 Å². The lowest BCUT2D eigenvalue weighted by Gasteiger charge is -2.28. The maximum atomic E-state index is 13.1. The Hall–Kier alpha value is -2.07. The molecule has 3 rings (SSSR count). The third-order valence-corrected chi connectivity index (χ3v) is 5.32. The average molecular weight is 414 g/mol. The number of anilines is 1. The first-order chi connectivity index (χ1) is 13.2. The molecule has 1 aromatic carbocycles. The Labute approximate surface area is 165 Å². The highest BCUT2D eigenvalue weighted by Crippen LogP contribution is 2.28. The Balaban J connectivity index is 1.79. The largest absolute Gasteiger partial charge is 0.406 e. The third-order valence-electron chi connectivity index (χ3n) is 4.35. The number of hydrogen-bond donors (Lipinski definition) is 0. The number of carbonyl (C=O) groups excluding carboxylic acids is 1. The monoisotopic (exact) mass is 414 g/mol. The molecule has 1 aromatic heterocycles. The molecule has 152 valence electrons. The third kappa shape index (κ3) is 5.05. The van der Waals surface area contributed by atoms with Gasteiger partial charge in [0.2, 0.25) is 5.95 Å². The van der Waals surface area contributed by atoms with Gasteiger partial charge in [-0.05, 0) is 25.5 Å². The molecule has 2 heterocycles. The fraction of sp³-hybridized carbons (Fsp3) is 0.500. The number of aromatic nitrogens is 3. The van der Waals surface area contributed by atoms with Crippen molar-refractivity contribution in [1.82, 2.24) is 14.8 Å². The maximum absolute atomic E-state index is 13.1. The van der Waals surface area contributed by atoms with Gasteiger partial charge >= 0.3 is 6.18 Å². The fourth-order valence-corrected chi connectivity index (χ4v) is 3.76. The molecule has 1 aliphatic rings. The number of morpholine rings is 1. The number of benzene rings is 1. The number of ether oxygens (including phenoxy) is 1. The molecule has 6 nitrogen and oxygen atoms in total. The molecule has 1 fully saturated rings. The van der Waals surface area contributed by atoms with Crippen molar-refractivity contribution in [1.29, 1.82) is 0 Å². The Bertz CT molecular complexity index is 848. The minimum absolute atomic E-state index is 0.0105. The van der Waals surface area contributed by atoms with Gasteiger partial charge in [0.1, 0.15) is 6.54 Å². The molecule has 28 heavy (non-hydrogen) atoms. The second kappa shape index (κ2) is 8.52. The minimum atomic E-state index is -4.42. The number of aryl methyl sites for hydroxylation is 2. The molecule has 0 N–H and O–H groups in total. The molecule has 0 saturated carbocycles. The maximum Gasteiger partial charge on any atom is 0.406 e. The summed E-state index contributed by atoms with van der Waals surface area (Å²) >= 11 is 0.972. The van der Waals surface area contributed by atoms with Crippen LogP contribution >= 0.6 is 11.8 Å². The van der Waals surface area contributed by atoms with Crippen LogP contribution in [0, 0.1) is 13.8 Å². The molecule has 0 unspecified atom stereocenters. The molecule has 10 heteroatoms. The summed E-state index contributed by atoms with van der Waals surface area (Å²) in [5.74, 6) is -0.00775. The van der Waals surface area contributed by atoms with Gasteiger partial charge in [0.05, 0.1) is 19.0 Å². The number of rotatable bonds is 6. The van der Waals surface area contributed by atoms with E-state index >= 15 is 0 Å². The summed E-state index contributed by atoms with van der Waals surface area (Å²) in [6.45, 7) is 4.26. The predicted molar refractivity (Wildman–Crippen MR) is 100 cm³/mol. The summed E-state index contributed by atoms with van der Waals surface area (Å²) in [7, 11) is 0. The highest BCUT2D eigenvalue weighted by molar-refractivity contribution is 7.99. The lowest BCUT2D eigenvalue weighted by atomic mass is 10.0. The lowest BCUT2D eigenvalue weighted by molar-refractivity contribution is -0.141. The van der Waals surface area contributed by atoms with E-state index in [1.54, 1.807) is 11.0 Å². The van der Waals surface area contributed by atoms with Gasteiger partial charge < -0.3 is 9.64 Å². The second-order valence-electron chi connectivity index (χ2n) is 6.61. The quantitative estimate of drug-likeness (QED) is 0.534. The van der Waals surface area contributed by atoms with Crippen LogP contribution in [0.25, 0.3) is 0 Å². The minimum Gasteiger partial charge on any atom is -0.378 e. The first-order valence-electron chi connectivity index (χ1n) is 8.80. The van der Waals surface area contributed by atoms with Crippen LogP contribution in [-0.2, 0) is 11.3 Å². The lowest BCUT2D eigenvalue weighted by Crippen LogP contribution is -2.38. The predicted octanol–water partition coefficient (Wildman–Crippen LogP) is 3.27. The van der Waals surface area contributed by atoms with Crippen LogP contribution in [0.3, 0.4) is 0 Å². The van der Waals surface area contributed by atoms with Crippen LogP contribution in [0.5, 0.6) is 0 Å². The van der Waals surface area contributed by atoms with Crippen LogP contribution < -0.4 is 4.90 Å². The van der Waals surface area contributed by atoms with Gasteiger partial charge in [-0.25, -0.2) is 0 Å². The van der Waals surface area contributed by atoms with Gasteiger partial charge in [-0.15, -0.1) is 10.2 Å². The SMILES string of the molecule is Cc1ccc(C)c(C(=O)CSc2nnc(N3CCOCC3)n2CC(F)(F)F)c1. The summed E-state index contributed by atoms with van der Waals surface area (Å²) in [6, 6.07) is 5.56. The topological polar surface area (TPSA) is 60.3 Å². The molecule has 0 bridgehead atoms. The normalized spacial score (nSPS) is 15.1. The van der Waals surface area contributed by atoms with E-state index in [9.17, 15) is 18.0 Å². The van der Waals surface area contributed by atoms with Crippen LogP contribution in [0.15, 0.2) is 23.4 Å². The first-order valence-corrected chi connectivity index (χ1v) is 9.79. The summed E-state index contributed by atoms with van der Waals surface area (Å²) in [6.07, 6.45) is -4.42. The molecule has 0 atom stereocenters. The Kier molecular flexibility index (Phi) is 6.29. The van der Waals surface area contributed by atoms with Crippen molar-refractivity contribution < 1.29 is 22.7 Å². The summed E-state index contributed by atoms with van der Waals surface area (Å²) in [4.78, 5) is 14.3. The second-order valence-corrected chi connectivity index (χ2v) is 7.56. The van der Waals surface area contributed by atoms with E-state index in [0.29, 0.717) is 31.9 Å². The zero-order valence-corrected chi connectivity index (χ0v) is 16.4. The van der Waals surface area contributed by atoms with Crippen LogP contribution in [-0.4, -0.2) is 58.8 Å². The van der Waals surface area contributed by atoms with E-state index < -0.39 is 12.7 Å². The molecule has 2 aromatic rings. The summed E-state index contributed by atoms with van der Waals surface area (Å²) in [5.41, 5.74) is 2.36. The molecule has 0 radical (unpaired) electrons. The van der Waals surface area contributed by atoms with Gasteiger partial charge in [-0.1, -0.05) is 29.5 Å². The average Bonchev–Trinajstić information content (AvgIpc) is 3.03. The van der Waals surface area contributed by atoms with Crippen molar-refractivity contribution in [3.8, 4) is 0 Å². The van der Waals surface area contributed by atoms with Gasteiger partial charge in [0.15, 0.2) is 10.9 Å². The van der Waals surface area contributed by atoms with E-state index in [2.05, 4.69) is 10.2 Å². The van der Waals surface area contributed by atoms with Crippen molar-refractivity contribution >= 4 is 23.5 Å². The van der Waals surface area contributed by atoms with Gasteiger partial charge in [0.25, 0.3) is 0 Å². The zero-order valence-electron chi connectivity index (χ0n) is 15.6. The van der Waals surface area contributed by atoms with Crippen molar-refractivity contribution in [3.63, 3.8) is 0 Å². The smallest absolute Gasteiger partial charge is 0.378 e. The number of thioether (sulfide) groups is 1. The van der Waals surface area contributed by atoms with Gasteiger partial charge in [-0.3, -0.25) is 9.36 Å². The standard InChI is InChI=1S/C18H21F3N4O2S/c1-12-3-4-13(2)14(9-12)15(26)10-28-17-23-22-16(24-5-7-27-8-6-24)25(17)11-18(19,20)21/h3-4,9H,5-8,10-11H2,1-2H3. The Morgan fingerprint density at radius 2 is 1.93 bits per heavy atom. The van der Waals surface area contributed by atoms with E-state index in [1.807, 2.05) is 26.0 Å². The van der Waals surface area contributed by atoms with Crippen LogP contribution in [0.4, 0.5) is 19.1 Å². The molecular weight excluding hydrogens is 393 g/mol. The fourth-order valence-electron chi connectivity index (χ4n) is 2.95. The number of halogens is 3. The van der Waals surface area contributed by atoms with Crippen molar-refractivity contribution in [2.45, 2.75) is 31.7 Å². The zero-order chi connectivity index (χ0) is 20.3. The summed E-state index contributed by atoms with van der Waals surface area (Å²) < 4.78 is 45.6. The molecular formula is C18H21F3N4O2S. The number of alkyl halides is 3. The molecule has 0 amide bonds. The number of nitrogens with zero attached hydrogens (tertiary/aromatic N) is 4. The Morgan fingerprint density at radius 1 is 1.21 bits per heavy atom. The number of carbonyl (C=O) groups is 1. The van der Waals surface area contributed by atoms with Gasteiger partial charge in [0, 0.05) is 18.7 Å². The van der Waals surface area contributed by atoms with Crippen molar-refractivity contribution in [2.24, 2.45) is 0 Å². The Morgan fingerprint density at radius 3 is 2.61 bits per heavy atom. The number of Topliss-reactive ketones (excluding diaryl/α,β-unsaturated/α-hetero) is 1. The highest BCUT2D eigenvalue weighted by atomic mass is 32.2. The summed E-state index contributed by atoms with van der Waals surface area (Å²) in [5, 5.41) is 7.96. The van der Waals surface area contributed by atoms with E-state index in [4.69, 9.17) is 4.74 Å². The number of ketones is 1. The highest BCUT2D eigenvalue weighted by Gasteiger charge is 2.33. The number of hydrogen-bond acceptors (Lipinski definition) is 6. The molecule has 1 saturated heterocycles. The van der Waals surface area contributed by atoms with E-state index in [0.717, 1.165) is 27.5 Å². The van der Waals surface area contributed by atoms with Crippen LogP contribution in [0.2, 0.25) is 0 Å². The molecule has 0 aliphatic carbocycles. The van der Waals surface area contributed by atoms with Crippen molar-refractivity contribution in [3.05, 3.63) is 34.9 Å². The molecule has 1 aliphatic heterocycles. The molecule has 0 spiro atoms.